The van der Waals surface area contributed by atoms with Crippen molar-refractivity contribution in [3.05, 3.63) is 52.7 Å². The Kier molecular flexibility index (Phi) is 6.52. The molecule has 0 spiro atoms. The number of sulfonamides is 1. The molecule has 1 fully saturated rings. The Morgan fingerprint density at radius 3 is 2.75 bits per heavy atom. The van der Waals surface area contributed by atoms with E-state index in [4.69, 9.17) is 0 Å². The highest BCUT2D eigenvalue weighted by atomic mass is 32.2. The second kappa shape index (κ2) is 8.71. The van der Waals surface area contributed by atoms with E-state index in [1.54, 1.807) is 29.2 Å². The molecule has 0 radical (unpaired) electrons. The number of aryl methyl sites for hydroxylation is 1. The molecule has 3 rings (SSSR count). The average Bonchev–Trinajstić information content (AvgIpc) is 3.13. The Balaban J connectivity index is 1.72. The number of benzene rings is 1. The Hall–Kier alpha value is -1.77. The topological polar surface area (TPSA) is 57.7 Å². The highest BCUT2D eigenvalue weighted by Crippen LogP contribution is 2.29. The zero-order valence-corrected chi connectivity index (χ0v) is 17.7. The number of hydrogen-bond acceptors (Lipinski definition) is 4. The Labute approximate surface area is 169 Å². The molecule has 1 aliphatic rings. The van der Waals surface area contributed by atoms with E-state index in [2.05, 4.69) is 0 Å². The number of carbonyl (C=O) groups excluding carboxylic acids is 1. The number of rotatable bonds is 6. The highest BCUT2D eigenvalue weighted by Gasteiger charge is 2.35. The predicted molar refractivity (Wildman–Crippen MR) is 108 cm³/mol. The van der Waals surface area contributed by atoms with Crippen molar-refractivity contribution in [3.63, 3.8) is 0 Å². The SMILES string of the molecule is CCN(Cc1cccc(F)c1)C(=O)C1CCCN(S(=O)(=O)c2ccc(C)s2)C1. The van der Waals surface area contributed by atoms with Crippen LogP contribution in [-0.2, 0) is 21.4 Å². The van der Waals surface area contributed by atoms with Gasteiger partial charge in [-0.3, -0.25) is 4.79 Å². The lowest BCUT2D eigenvalue weighted by molar-refractivity contribution is -0.137. The number of thiophene rings is 1. The summed E-state index contributed by atoms with van der Waals surface area (Å²) in [5.41, 5.74) is 0.726. The van der Waals surface area contributed by atoms with Crippen LogP contribution in [0.3, 0.4) is 0 Å². The molecule has 1 saturated heterocycles. The maximum Gasteiger partial charge on any atom is 0.252 e. The molecule has 1 aliphatic heterocycles. The van der Waals surface area contributed by atoms with Crippen LogP contribution in [-0.4, -0.2) is 43.2 Å². The van der Waals surface area contributed by atoms with E-state index in [9.17, 15) is 17.6 Å². The van der Waals surface area contributed by atoms with Crippen LogP contribution in [0.15, 0.2) is 40.6 Å². The Morgan fingerprint density at radius 2 is 2.11 bits per heavy atom. The lowest BCUT2D eigenvalue weighted by Gasteiger charge is -2.34. The standard InChI is InChI=1S/C20H25FN2O3S2/c1-3-22(13-16-6-4-8-18(21)12-16)20(24)17-7-5-11-23(14-17)28(25,26)19-10-9-15(2)27-19/h4,6,8-10,12,17H,3,5,7,11,13-14H2,1-2H3. The van der Waals surface area contributed by atoms with Crippen molar-refractivity contribution in [1.29, 1.82) is 0 Å². The van der Waals surface area contributed by atoms with Gasteiger partial charge in [-0.15, -0.1) is 11.3 Å². The van der Waals surface area contributed by atoms with E-state index in [0.29, 0.717) is 36.7 Å². The van der Waals surface area contributed by atoms with Gasteiger partial charge in [0.1, 0.15) is 10.0 Å². The normalized spacial score (nSPS) is 18.2. The Morgan fingerprint density at radius 1 is 1.32 bits per heavy atom. The van der Waals surface area contributed by atoms with E-state index in [-0.39, 0.29) is 24.2 Å². The summed E-state index contributed by atoms with van der Waals surface area (Å²) in [4.78, 5) is 15.7. The summed E-state index contributed by atoms with van der Waals surface area (Å²) in [6, 6.07) is 9.63. The predicted octanol–water partition coefficient (Wildman–Crippen LogP) is 3.65. The van der Waals surface area contributed by atoms with Crippen molar-refractivity contribution in [3.8, 4) is 0 Å². The summed E-state index contributed by atoms with van der Waals surface area (Å²) in [7, 11) is -3.57. The molecule has 0 N–H and O–H groups in total. The number of hydrogen-bond donors (Lipinski definition) is 0. The maximum atomic E-state index is 13.4. The van der Waals surface area contributed by atoms with Gasteiger partial charge in [0.25, 0.3) is 10.0 Å². The first-order valence-electron chi connectivity index (χ1n) is 9.41. The number of piperidine rings is 1. The van der Waals surface area contributed by atoms with Gasteiger partial charge in [0.15, 0.2) is 0 Å². The fourth-order valence-electron chi connectivity index (χ4n) is 3.50. The summed E-state index contributed by atoms with van der Waals surface area (Å²) < 4.78 is 41.0. The van der Waals surface area contributed by atoms with Gasteiger partial charge in [0, 0.05) is 31.1 Å². The molecule has 152 valence electrons. The van der Waals surface area contributed by atoms with Gasteiger partial charge in [-0.1, -0.05) is 12.1 Å². The van der Waals surface area contributed by atoms with Crippen molar-refractivity contribution >= 4 is 27.3 Å². The first-order valence-corrected chi connectivity index (χ1v) is 11.7. The molecule has 2 aromatic rings. The van der Waals surface area contributed by atoms with E-state index in [0.717, 1.165) is 10.4 Å². The summed E-state index contributed by atoms with van der Waals surface area (Å²) in [6.07, 6.45) is 1.31. The van der Waals surface area contributed by atoms with Gasteiger partial charge in [0.2, 0.25) is 5.91 Å². The molecule has 1 aromatic carbocycles. The minimum absolute atomic E-state index is 0.0750. The van der Waals surface area contributed by atoms with Crippen molar-refractivity contribution in [2.45, 2.75) is 37.4 Å². The van der Waals surface area contributed by atoms with Crippen molar-refractivity contribution in [1.82, 2.24) is 9.21 Å². The third kappa shape index (κ3) is 4.61. The zero-order chi connectivity index (χ0) is 20.3. The molecule has 1 atom stereocenters. The molecule has 28 heavy (non-hydrogen) atoms. The molecular weight excluding hydrogens is 399 g/mol. The Bertz CT molecular complexity index is 942. The fourth-order valence-corrected chi connectivity index (χ4v) is 6.46. The van der Waals surface area contributed by atoms with Crippen LogP contribution in [0.4, 0.5) is 4.39 Å². The van der Waals surface area contributed by atoms with Crippen LogP contribution in [0, 0.1) is 18.7 Å². The third-order valence-electron chi connectivity index (χ3n) is 5.00. The monoisotopic (exact) mass is 424 g/mol. The van der Waals surface area contributed by atoms with E-state index >= 15 is 0 Å². The summed E-state index contributed by atoms with van der Waals surface area (Å²) in [5, 5.41) is 0. The largest absolute Gasteiger partial charge is 0.338 e. The summed E-state index contributed by atoms with van der Waals surface area (Å²) in [5.74, 6) is -0.783. The molecule has 8 heteroatoms. The molecular formula is C20H25FN2O3S2. The molecule has 1 unspecified atom stereocenters. The van der Waals surface area contributed by atoms with Gasteiger partial charge in [-0.25, -0.2) is 12.8 Å². The van der Waals surface area contributed by atoms with Gasteiger partial charge in [0.05, 0.1) is 5.92 Å². The molecule has 1 amide bonds. The minimum atomic E-state index is -3.57. The quantitative estimate of drug-likeness (QED) is 0.711. The van der Waals surface area contributed by atoms with Gasteiger partial charge in [-0.2, -0.15) is 4.31 Å². The van der Waals surface area contributed by atoms with Gasteiger partial charge in [-0.05, 0) is 56.5 Å². The van der Waals surface area contributed by atoms with Crippen molar-refractivity contribution in [2.75, 3.05) is 19.6 Å². The first-order chi connectivity index (χ1) is 13.3. The molecule has 0 bridgehead atoms. The molecule has 5 nitrogen and oxygen atoms in total. The van der Waals surface area contributed by atoms with Crippen LogP contribution in [0.2, 0.25) is 0 Å². The molecule has 2 heterocycles. The van der Waals surface area contributed by atoms with E-state index in [1.807, 2.05) is 13.8 Å². The lowest BCUT2D eigenvalue weighted by atomic mass is 9.98. The summed E-state index contributed by atoms with van der Waals surface area (Å²) in [6.45, 7) is 5.18. The van der Waals surface area contributed by atoms with Crippen LogP contribution >= 0.6 is 11.3 Å². The number of halogens is 1. The van der Waals surface area contributed by atoms with Crippen molar-refractivity contribution in [2.24, 2.45) is 5.92 Å². The van der Waals surface area contributed by atoms with Crippen LogP contribution < -0.4 is 0 Å². The van der Waals surface area contributed by atoms with E-state index < -0.39 is 10.0 Å². The number of amides is 1. The second-order valence-electron chi connectivity index (χ2n) is 7.05. The maximum absolute atomic E-state index is 13.4. The van der Waals surface area contributed by atoms with Crippen molar-refractivity contribution < 1.29 is 17.6 Å². The third-order valence-corrected chi connectivity index (χ3v) is 8.33. The van der Waals surface area contributed by atoms with Crippen LogP contribution in [0.5, 0.6) is 0 Å². The average molecular weight is 425 g/mol. The van der Waals surface area contributed by atoms with Crippen LogP contribution in [0.1, 0.15) is 30.2 Å². The molecule has 1 aromatic heterocycles. The van der Waals surface area contributed by atoms with E-state index in [1.165, 1.54) is 27.8 Å². The number of carbonyl (C=O) groups is 1. The minimum Gasteiger partial charge on any atom is -0.338 e. The fraction of sp³-hybridized carbons (Fsp3) is 0.450. The second-order valence-corrected chi connectivity index (χ2v) is 10.5. The van der Waals surface area contributed by atoms with Gasteiger partial charge >= 0.3 is 0 Å². The van der Waals surface area contributed by atoms with Crippen LogP contribution in [0.25, 0.3) is 0 Å². The first kappa shape index (κ1) is 21.0. The summed E-state index contributed by atoms with van der Waals surface area (Å²) >= 11 is 1.25. The number of nitrogens with zero attached hydrogens (tertiary/aromatic N) is 2. The smallest absolute Gasteiger partial charge is 0.252 e. The molecule has 0 aliphatic carbocycles. The highest BCUT2D eigenvalue weighted by molar-refractivity contribution is 7.91. The molecule has 0 saturated carbocycles. The zero-order valence-electron chi connectivity index (χ0n) is 16.1. The van der Waals surface area contributed by atoms with Gasteiger partial charge < -0.3 is 4.90 Å². The lowest BCUT2D eigenvalue weighted by Crippen LogP contribution is -2.46.